The summed E-state index contributed by atoms with van der Waals surface area (Å²) in [5.74, 6) is 1.11. The highest BCUT2D eigenvalue weighted by molar-refractivity contribution is 8.18. The van der Waals surface area contributed by atoms with Crippen LogP contribution in [0.15, 0.2) is 70.4 Å². The number of aromatic nitrogens is 2. The molecule has 2 heterocycles. The number of aryl methyl sites for hydroxylation is 1. The average Bonchev–Trinajstić information content (AvgIpc) is 3.12. The lowest BCUT2D eigenvalue weighted by atomic mass is 10.1. The van der Waals surface area contributed by atoms with Gasteiger partial charge in [-0.05, 0) is 35.5 Å². The van der Waals surface area contributed by atoms with E-state index in [0.717, 1.165) is 34.4 Å². The van der Waals surface area contributed by atoms with E-state index >= 15 is 0 Å². The molecule has 1 saturated heterocycles. The fourth-order valence-corrected chi connectivity index (χ4v) is 4.06. The molecule has 0 spiro atoms. The first-order valence-electron chi connectivity index (χ1n) is 10.2. The molecular formula is C24H22N3O4S+. The number of rotatable bonds is 7. The van der Waals surface area contributed by atoms with Crippen LogP contribution in [0.3, 0.4) is 0 Å². The van der Waals surface area contributed by atoms with Crippen molar-refractivity contribution in [1.29, 1.82) is 0 Å². The summed E-state index contributed by atoms with van der Waals surface area (Å²) in [4.78, 5) is 39.3. The molecule has 1 aromatic heterocycles. The van der Waals surface area contributed by atoms with Crippen molar-refractivity contribution >= 4 is 29.0 Å². The largest absolute Gasteiger partial charge is 0.489 e. The number of thioether (sulfide) groups is 1. The topological polar surface area (TPSA) is 91.5 Å². The predicted molar refractivity (Wildman–Crippen MR) is 123 cm³/mol. The number of nitrogens with zero attached hydrogens (tertiary/aromatic N) is 1. The molecule has 7 nitrogen and oxygen atoms in total. The fourth-order valence-electron chi connectivity index (χ4n) is 3.38. The molecule has 32 heavy (non-hydrogen) atoms. The zero-order valence-electron chi connectivity index (χ0n) is 17.5. The predicted octanol–water partition coefficient (Wildman–Crippen LogP) is 3.29. The fraction of sp³-hybridized carbons (Fsp3) is 0.167. The Morgan fingerprint density at radius 1 is 1.06 bits per heavy atom. The van der Waals surface area contributed by atoms with Crippen molar-refractivity contribution in [2.75, 3.05) is 6.61 Å². The highest BCUT2D eigenvalue weighted by atomic mass is 32.2. The van der Waals surface area contributed by atoms with Crippen LogP contribution in [0.1, 0.15) is 18.3 Å². The van der Waals surface area contributed by atoms with Crippen molar-refractivity contribution < 1.29 is 19.3 Å². The Kier molecular flexibility index (Phi) is 6.51. The smallest absolute Gasteiger partial charge is 0.338 e. The lowest BCUT2D eigenvalue weighted by Crippen LogP contribution is -2.34. The van der Waals surface area contributed by atoms with Gasteiger partial charge in [0, 0.05) is 12.0 Å². The second-order valence-electron chi connectivity index (χ2n) is 7.11. The maximum absolute atomic E-state index is 12.7. The summed E-state index contributed by atoms with van der Waals surface area (Å²) < 4.78 is 7.50. The Morgan fingerprint density at radius 2 is 1.81 bits per heavy atom. The molecule has 0 radical (unpaired) electrons. The van der Waals surface area contributed by atoms with E-state index in [9.17, 15) is 14.4 Å². The van der Waals surface area contributed by atoms with E-state index in [-0.39, 0.29) is 16.7 Å². The van der Waals surface area contributed by atoms with E-state index in [2.05, 4.69) is 10.3 Å². The normalized spacial score (nSPS) is 14.6. The highest BCUT2D eigenvalue weighted by Gasteiger charge is 2.24. The average molecular weight is 449 g/mol. The molecule has 0 bridgehead atoms. The number of nitrogens with one attached hydrogen (secondary N) is 2. The SMILES string of the molecule is CCc1[nH+]c(-c2ccccc2)cc(=O)n1CCOc1ccc(/C=C2\SC(=O)NC2=O)cc1. The monoisotopic (exact) mass is 448 g/mol. The summed E-state index contributed by atoms with van der Waals surface area (Å²) in [5.41, 5.74) is 2.48. The first-order chi connectivity index (χ1) is 15.5. The maximum atomic E-state index is 12.7. The number of aromatic amines is 1. The number of benzene rings is 2. The van der Waals surface area contributed by atoms with Crippen LogP contribution in [0.4, 0.5) is 4.79 Å². The standard InChI is InChI=1S/C24H21N3O4S/c1-2-21-25-19(17-6-4-3-5-7-17)15-22(28)27(21)12-13-31-18-10-8-16(9-11-18)14-20-23(29)26-24(30)32-20/h3-11,14-15H,2,12-13H2,1H3,(H,26,29,30)/p+1/b20-14-. The second kappa shape index (κ2) is 9.65. The van der Waals surface area contributed by atoms with Crippen molar-refractivity contribution in [1.82, 2.24) is 9.88 Å². The van der Waals surface area contributed by atoms with Gasteiger partial charge >= 0.3 is 5.56 Å². The number of hydrogen-bond acceptors (Lipinski definition) is 5. The van der Waals surface area contributed by atoms with E-state index in [4.69, 9.17) is 4.74 Å². The molecule has 2 aromatic carbocycles. The van der Waals surface area contributed by atoms with Gasteiger partial charge in [-0.15, -0.1) is 0 Å². The van der Waals surface area contributed by atoms with Gasteiger partial charge < -0.3 is 4.74 Å². The number of carbonyl (C=O) groups is 2. The zero-order valence-corrected chi connectivity index (χ0v) is 18.3. The first-order valence-corrected chi connectivity index (χ1v) is 11.0. The van der Waals surface area contributed by atoms with Gasteiger partial charge in [-0.25, -0.2) is 9.78 Å². The van der Waals surface area contributed by atoms with Crippen LogP contribution in [0.2, 0.25) is 0 Å². The molecule has 2 amide bonds. The molecule has 0 saturated carbocycles. The molecule has 162 valence electrons. The summed E-state index contributed by atoms with van der Waals surface area (Å²) >= 11 is 0.883. The Labute approximate surface area is 189 Å². The molecular weight excluding hydrogens is 426 g/mol. The Hall–Kier alpha value is -3.65. The van der Waals surface area contributed by atoms with Crippen molar-refractivity contribution in [3.63, 3.8) is 0 Å². The first kappa shape index (κ1) is 21.6. The minimum atomic E-state index is -0.382. The molecule has 1 aliphatic rings. The van der Waals surface area contributed by atoms with E-state index < -0.39 is 0 Å². The van der Waals surface area contributed by atoms with Crippen molar-refractivity contribution in [3.8, 4) is 17.0 Å². The summed E-state index contributed by atoms with van der Waals surface area (Å²) in [7, 11) is 0. The third-order valence-electron chi connectivity index (χ3n) is 4.96. The minimum absolute atomic E-state index is 0.0769. The van der Waals surface area contributed by atoms with Crippen LogP contribution >= 0.6 is 11.8 Å². The molecule has 1 aliphatic heterocycles. The Balaban J connectivity index is 1.41. The van der Waals surface area contributed by atoms with Gasteiger partial charge in [0.15, 0.2) is 0 Å². The lowest BCUT2D eigenvalue weighted by Gasteiger charge is -2.08. The highest BCUT2D eigenvalue weighted by Crippen LogP contribution is 2.26. The van der Waals surface area contributed by atoms with Gasteiger partial charge in [-0.1, -0.05) is 49.4 Å². The number of imide groups is 1. The summed E-state index contributed by atoms with van der Waals surface area (Å²) in [5, 5.41) is 1.87. The third-order valence-corrected chi connectivity index (χ3v) is 5.77. The van der Waals surface area contributed by atoms with E-state index in [1.54, 1.807) is 28.8 Å². The quantitative estimate of drug-likeness (QED) is 0.560. The molecule has 3 aromatic rings. The van der Waals surface area contributed by atoms with Crippen LogP contribution in [0.5, 0.6) is 5.75 Å². The van der Waals surface area contributed by atoms with Crippen LogP contribution in [-0.2, 0) is 17.8 Å². The Bertz CT molecular complexity index is 1230. The molecule has 4 rings (SSSR count). The van der Waals surface area contributed by atoms with Gasteiger partial charge in [0.05, 0.1) is 11.0 Å². The summed E-state index contributed by atoms with van der Waals surface area (Å²) in [6.07, 6.45) is 2.35. The number of hydrogen-bond donors (Lipinski definition) is 1. The zero-order chi connectivity index (χ0) is 22.5. The van der Waals surface area contributed by atoms with Crippen LogP contribution < -0.4 is 20.6 Å². The molecule has 8 heteroatoms. The van der Waals surface area contributed by atoms with Gasteiger partial charge in [-0.2, -0.15) is 4.57 Å². The van der Waals surface area contributed by atoms with Crippen molar-refractivity contribution in [3.05, 3.63) is 87.3 Å². The number of ether oxygens (including phenoxy) is 1. The van der Waals surface area contributed by atoms with Crippen LogP contribution in [-0.4, -0.2) is 22.3 Å². The maximum Gasteiger partial charge on any atom is 0.338 e. The number of carbonyl (C=O) groups excluding carboxylic acids is 2. The summed E-state index contributed by atoms with van der Waals surface area (Å²) in [6, 6.07) is 18.6. The second-order valence-corrected chi connectivity index (χ2v) is 8.12. The summed E-state index contributed by atoms with van der Waals surface area (Å²) in [6.45, 7) is 2.75. The van der Waals surface area contributed by atoms with E-state index in [1.807, 2.05) is 49.4 Å². The third kappa shape index (κ3) is 4.97. The minimum Gasteiger partial charge on any atom is -0.489 e. The number of amides is 2. The van der Waals surface area contributed by atoms with E-state index in [1.165, 1.54) is 0 Å². The van der Waals surface area contributed by atoms with Crippen LogP contribution in [0.25, 0.3) is 17.3 Å². The van der Waals surface area contributed by atoms with Crippen LogP contribution in [0, 0.1) is 0 Å². The van der Waals surface area contributed by atoms with Crippen molar-refractivity contribution in [2.24, 2.45) is 0 Å². The molecule has 1 fully saturated rings. The molecule has 0 aliphatic carbocycles. The van der Waals surface area contributed by atoms with E-state index in [0.29, 0.717) is 30.2 Å². The van der Waals surface area contributed by atoms with Gasteiger partial charge in [0.1, 0.15) is 24.6 Å². The Morgan fingerprint density at radius 3 is 2.47 bits per heavy atom. The van der Waals surface area contributed by atoms with Gasteiger partial charge in [0.2, 0.25) is 0 Å². The van der Waals surface area contributed by atoms with Crippen molar-refractivity contribution in [2.45, 2.75) is 19.9 Å². The molecule has 2 N–H and O–H groups in total. The molecule has 0 atom stereocenters. The lowest BCUT2D eigenvalue weighted by molar-refractivity contribution is -0.386. The molecule has 0 unspecified atom stereocenters. The van der Waals surface area contributed by atoms with Gasteiger partial charge in [-0.3, -0.25) is 14.9 Å². The van der Waals surface area contributed by atoms with Gasteiger partial charge in [0.25, 0.3) is 17.0 Å². The number of H-pyrrole nitrogens is 1.